The Morgan fingerprint density at radius 2 is 2.12 bits per heavy atom. The minimum absolute atomic E-state index is 0.298. The van der Waals surface area contributed by atoms with Gasteiger partial charge >= 0.3 is 0 Å². The van der Waals surface area contributed by atoms with E-state index in [1.807, 2.05) is 18.5 Å². The van der Waals surface area contributed by atoms with Crippen molar-refractivity contribution in [3.05, 3.63) is 16.1 Å². The third-order valence-corrected chi connectivity index (χ3v) is 4.00. The molecule has 1 unspecified atom stereocenters. The molecule has 1 aromatic rings. The molecule has 1 atom stereocenters. The van der Waals surface area contributed by atoms with Gasteiger partial charge in [0, 0.05) is 20.1 Å². The summed E-state index contributed by atoms with van der Waals surface area (Å²) in [7, 11) is 1.93. The average molecular weight is 299 g/mol. The number of nitriles is 1. The van der Waals surface area contributed by atoms with Gasteiger partial charge in [-0.05, 0) is 22.9 Å². The number of nitrogens with zero attached hydrogens (tertiary/aromatic N) is 4. The molecule has 0 bridgehead atoms. The van der Waals surface area contributed by atoms with Crippen LogP contribution in [0.4, 0.5) is 0 Å². The number of imidazole rings is 1. The summed E-state index contributed by atoms with van der Waals surface area (Å²) in [6.45, 7) is 4.85. The zero-order chi connectivity index (χ0) is 12.4. The van der Waals surface area contributed by atoms with Gasteiger partial charge in [-0.3, -0.25) is 4.90 Å². The number of halogens is 1. The minimum Gasteiger partial charge on any atom is -0.379 e. The van der Waals surface area contributed by atoms with Crippen LogP contribution in [0, 0.1) is 18.3 Å². The summed E-state index contributed by atoms with van der Waals surface area (Å²) in [4.78, 5) is 6.57. The molecular weight excluding hydrogens is 284 g/mol. The van der Waals surface area contributed by atoms with E-state index >= 15 is 0 Å². The van der Waals surface area contributed by atoms with Crippen LogP contribution in [0.25, 0.3) is 0 Å². The van der Waals surface area contributed by atoms with Crippen molar-refractivity contribution >= 4 is 15.9 Å². The molecule has 1 aromatic heterocycles. The first-order valence-electron chi connectivity index (χ1n) is 5.55. The highest BCUT2D eigenvalue weighted by Crippen LogP contribution is 2.27. The molecule has 0 N–H and O–H groups in total. The summed E-state index contributed by atoms with van der Waals surface area (Å²) in [6.07, 6.45) is 0. The molecule has 5 nitrogen and oxygen atoms in total. The van der Waals surface area contributed by atoms with Crippen molar-refractivity contribution in [2.75, 3.05) is 26.3 Å². The van der Waals surface area contributed by atoms with Gasteiger partial charge in [0.1, 0.15) is 22.2 Å². The van der Waals surface area contributed by atoms with E-state index in [1.165, 1.54) is 0 Å². The second kappa shape index (κ2) is 5.17. The molecule has 0 aromatic carbocycles. The fourth-order valence-corrected chi connectivity index (χ4v) is 2.50. The van der Waals surface area contributed by atoms with Crippen molar-refractivity contribution < 1.29 is 4.74 Å². The smallest absolute Gasteiger partial charge is 0.143 e. The van der Waals surface area contributed by atoms with Crippen molar-refractivity contribution in [3.8, 4) is 6.07 Å². The fraction of sp³-hybridized carbons (Fsp3) is 0.636. The van der Waals surface area contributed by atoms with Crippen LogP contribution >= 0.6 is 15.9 Å². The standard InChI is InChI=1S/C11H15BrN4O/c1-8-14-10(11(12)15(8)2)9(7-13)16-3-5-17-6-4-16/h9H,3-6H2,1-2H3. The molecule has 1 aliphatic heterocycles. The van der Waals surface area contributed by atoms with Gasteiger partial charge in [0.15, 0.2) is 0 Å². The normalized spacial score (nSPS) is 18.9. The summed E-state index contributed by atoms with van der Waals surface area (Å²) in [6, 6.07) is 2.04. The van der Waals surface area contributed by atoms with E-state index in [2.05, 4.69) is 31.9 Å². The highest BCUT2D eigenvalue weighted by Gasteiger charge is 2.27. The van der Waals surface area contributed by atoms with Gasteiger partial charge in [-0.15, -0.1) is 0 Å². The molecule has 0 spiro atoms. The topological polar surface area (TPSA) is 54.1 Å². The van der Waals surface area contributed by atoms with Crippen LogP contribution in [-0.2, 0) is 11.8 Å². The highest BCUT2D eigenvalue weighted by atomic mass is 79.9. The van der Waals surface area contributed by atoms with Crippen LogP contribution in [0.2, 0.25) is 0 Å². The Bertz CT molecular complexity index is 445. The first-order valence-corrected chi connectivity index (χ1v) is 6.34. The van der Waals surface area contributed by atoms with Gasteiger partial charge in [-0.25, -0.2) is 4.98 Å². The fourth-order valence-electron chi connectivity index (χ4n) is 1.93. The van der Waals surface area contributed by atoms with E-state index in [-0.39, 0.29) is 6.04 Å². The maximum absolute atomic E-state index is 9.35. The zero-order valence-electron chi connectivity index (χ0n) is 9.98. The number of hydrogen-bond acceptors (Lipinski definition) is 4. The molecule has 6 heteroatoms. The van der Waals surface area contributed by atoms with Crippen LogP contribution < -0.4 is 0 Å². The number of aryl methyl sites for hydroxylation is 1. The molecule has 0 aliphatic carbocycles. The number of rotatable bonds is 2. The van der Waals surface area contributed by atoms with Crippen LogP contribution in [0.3, 0.4) is 0 Å². The Hall–Kier alpha value is -0.900. The lowest BCUT2D eigenvalue weighted by atomic mass is 10.2. The second-order valence-corrected chi connectivity index (χ2v) is 4.83. The molecule has 1 saturated heterocycles. The number of aromatic nitrogens is 2. The summed E-state index contributed by atoms with van der Waals surface area (Å²) >= 11 is 3.50. The molecule has 92 valence electrons. The van der Waals surface area contributed by atoms with Gasteiger partial charge in [0.2, 0.25) is 0 Å². The van der Waals surface area contributed by atoms with Gasteiger partial charge in [-0.1, -0.05) is 0 Å². The summed E-state index contributed by atoms with van der Waals surface area (Å²) in [5, 5.41) is 9.35. The third kappa shape index (κ3) is 2.37. The van der Waals surface area contributed by atoms with E-state index in [4.69, 9.17) is 4.74 Å². The number of hydrogen-bond donors (Lipinski definition) is 0. The van der Waals surface area contributed by atoms with Crippen molar-refractivity contribution in [3.63, 3.8) is 0 Å². The lowest BCUT2D eigenvalue weighted by Crippen LogP contribution is -2.38. The maximum atomic E-state index is 9.35. The summed E-state index contributed by atoms with van der Waals surface area (Å²) in [5.41, 5.74) is 0.800. The van der Waals surface area contributed by atoms with E-state index in [0.717, 1.165) is 29.2 Å². The molecule has 0 radical (unpaired) electrons. The Morgan fingerprint density at radius 3 is 2.59 bits per heavy atom. The lowest BCUT2D eigenvalue weighted by molar-refractivity contribution is 0.0259. The Labute approximate surface area is 109 Å². The quantitative estimate of drug-likeness (QED) is 0.828. The van der Waals surface area contributed by atoms with Crippen molar-refractivity contribution in [2.45, 2.75) is 13.0 Å². The predicted octanol–water partition coefficient (Wildman–Crippen LogP) is 1.39. The van der Waals surface area contributed by atoms with Crippen LogP contribution in [0.1, 0.15) is 17.6 Å². The maximum Gasteiger partial charge on any atom is 0.143 e. The Morgan fingerprint density at radius 1 is 1.47 bits per heavy atom. The van der Waals surface area contributed by atoms with E-state index in [0.29, 0.717) is 13.2 Å². The van der Waals surface area contributed by atoms with Crippen LogP contribution in [-0.4, -0.2) is 40.8 Å². The van der Waals surface area contributed by atoms with Crippen molar-refractivity contribution in [2.24, 2.45) is 7.05 Å². The molecule has 1 fully saturated rings. The van der Waals surface area contributed by atoms with Crippen molar-refractivity contribution in [1.82, 2.24) is 14.5 Å². The molecule has 0 amide bonds. The van der Waals surface area contributed by atoms with Gasteiger partial charge in [0.25, 0.3) is 0 Å². The van der Waals surface area contributed by atoms with E-state index in [1.54, 1.807) is 0 Å². The summed E-state index contributed by atoms with van der Waals surface area (Å²) in [5.74, 6) is 0.903. The SMILES string of the molecule is Cc1nc(C(C#N)N2CCOCC2)c(Br)n1C. The van der Waals surface area contributed by atoms with Gasteiger partial charge < -0.3 is 9.30 Å². The zero-order valence-corrected chi connectivity index (χ0v) is 11.6. The number of ether oxygens (including phenoxy) is 1. The lowest BCUT2D eigenvalue weighted by Gasteiger charge is -2.29. The second-order valence-electron chi connectivity index (χ2n) is 4.07. The number of morpholine rings is 1. The minimum atomic E-state index is -0.298. The predicted molar refractivity (Wildman–Crippen MR) is 66.4 cm³/mol. The highest BCUT2D eigenvalue weighted by molar-refractivity contribution is 9.10. The molecule has 0 saturated carbocycles. The molecule has 1 aliphatic rings. The molecular formula is C11H15BrN4O. The molecule has 17 heavy (non-hydrogen) atoms. The van der Waals surface area contributed by atoms with Gasteiger partial charge in [0.05, 0.1) is 19.3 Å². The molecule has 2 rings (SSSR count). The average Bonchev–Trinajstić information content (AvgIpc) is 2.60. The molecule has 2 heterocycles. The van der Waals surface area contributed by atoms with Crippen molar-refractivity contribution in [1.29, 1.82) is 5.26 Å². The van der Waals surface area contributed by atoms with Crippen LogP contribution in [0.5, 0.6) is 0 Å². The van der Waals surface area contributed by atoms with Crippen LogP contribution in [0.15, 0.2) is 4.60 Å². The largest absolute Gasteiger partial charge is 0.379 e. The third-order valence-electron chi connectivity index (χ3n) is 3.07. The first-order chi connectivity index (χ1) is 8.15. The van der Waals surface area contributed by atoms with E-state index in [9.17, 15) is 5.26 Å². The Kier molecular flexibility index (Phi) is 3.82. The van der Waals surface area contributed by atoms with Gasteiger partial charge in [-0.2, -0.15) is 5.26 Å². The monoisotopic (exact) mass is 298 g/mol. The first kappa shape index (κ1) is 12.6. The van der Waals surface area contributed by atoms with E-state index < -0.39 is 0 Å². The Balaban J connectivity index is 2.28. The summed E-state index contributed by atoms with van der Waals surface area (Å²) < 4.78 is 8.13.